The molecule has 0 saturated heterocycles. The van der Waals surface area contributed by atoms with Gasteiger partial charge < -0.3 is 5.32 Å². The molecular weight excluding hydrogens is 322 g/mol. The van der Waals surface area contributed by atoms with Crippen LogP contribution in [0.4, 0.5) is 5.69 Å². The van der Waals surface area contributed by atoms with Crippen molar-refractivity contribution in [3.8, 4) is 0 Å². The zero-order chi connectivity index (χ0) is 12.4. The Balaban J connectivity index is 2.09. The van der Waals surface area contributed by atoms with E-state index in [-0.39, 0.29) is 0 Å². The van der Waals surface area contributed by atoms with E-state index < -0.39 is 0 Å². The lowest BCUT2D eigenvalue weighted by Crippen LogP contribution is -1.97. The van der Waals surface area contributed by atoms with Crippen molar-refractivity contribution in [3.63, 3.8) is 0 Å². The molecular formula is C10H6Cl4N2S. The molecule has 0 saturated carbocycles. The molecule has 0 atom stereocenters. The highest BCUT2D eigenvalue weighted by Crippen LogP contribution is 2.33. The third-order valence-corrected chi connectivity index (χ3v) is 4.29. The summed E-state index contributed by atoms with van der Waals surface area (Å²) in [5.74, 6) is 0. The van der Waals surface area contributed by atoms with Gasteiger partial charge in [0.25, 0.3) is 0 Å². The van der Waals surface area contributed by atoms with Crippen LogP contribution in [-0.2, 0) is 6.54 Å². The monoisotopic (exact) mass is 326 g/mol. The second kappa shape index (κ2) is 5.63. The third-order valence-electron chi connectivity index (χ3n) is 1.98. The maximum Gasteiger partial charge on any atom is 0.183 e. The maximum atomic E-state index is 5.92. The van der Waals surface area contributed by atoms with Crippen molar-refractivity contribution in [3.05, 3.63) is 42.7 Å². The number of benzene rings is 1. The fraction of sp³-hybridized carbons (Fsp3) is 0.100. The summed E-state index contributed by atoms with van der Waals surface area (Å²) in [6.07, 6.45) is 1.72. The first-order valence-electron chi connectivity index (χ1n) is 4.55. The highest BCUT2D eigenvalue weighted by molar-refractivity contribution is 7.15. The first-order chi connectivity index (χ1) is 8.06. The number of hydrogen-bond acceptors (Lipinski definition) is 3. The van der Waals surface area contributed by atoms with Crippen LogP contribution in [0.1, 0.15) is 4.88 Å². The van der Waals surface area contributed by atoms with Crippen molar-refractivity contribution in [2.45, 2.75) is 6.54 Å². The van der Waals surface area contributed by atoms with Crippen molar-refractivity contribution in [1.82, 2.24) is 4.98 Å². The second-order valence-electron chi connectivity index (χ2n) is 3.19. The van der Waals surface area contributed by atoms with E-state index in [0.29, 0.717) is 26.1 Å². The number of aromatic nitrogens is 1. The Morgan fingerprint density at radius 1 is 1.12 bits per heavy atom. The molecule has 0 fully saturated rings. The molecule has 0 aliphatic heterocycles. The molecule has 2 aromatic rings. The van der Waals surface area contributed by atoms with E-state index in [1.54, 1.807) is 18.3 Å². The number of rotatable bonds is 3. The fourth-order valence-corrected chi connectivity index (χ4v) is 2.73. The molecule has 1 heterocycles. The first kappa shape index (κ1) is 13.2. The Morgan fingerprint density at radius 3 is 2.29 bits per heavy atom. The Morgan fingerprint density at radius 2 is 1.76 bits per heavy atom. The van der Waals surface area contributed by atoms with Crippen LogP contribution in [0.15, 0.2) is 18.3 Å². The molecule has 0 radical (unpaired) electrons. The first-order valence-corrected chi connectivity index (χ1v) is 6.87. The van der Waals surface area contributed by atoms with Gasteiger partial charge in [-0.3, -0.25) is 0 Å². The number of anilines is 1. The topological polar surface area (TPSA) is 24.9 Å². The molecule has 0 bridgehead atoms. The number of nitrogens with one attached hydrogen (secondary N) is 1. The lowest BCUT2D eigenvalue weighted by Gasteiger charge is -2.07. The summed E-state index contributed by atoms with van der Waals surface area (Å²) in [4.78, 5) is 4.97. The SMILES string of the molecule is Clc1ncc(CNc2cc(Cl)c(Cl)c(Cl)c2)s1. The quantitative estimate of drug-likeness (QED) is 0.766. The van der Waals surface area contributed by atoms with Crippen molar-refractivity contribution < 1.29 is 0 Å². The van der Waals surface area contributed by atoms with Crippen LogP contribution in [-0.4, -0.2) is 4.98 Å². The Bertz CT molecular complexity index is 518. The van der Waals surface area contributed by atoms with E-state index in [2.05, 4.69) is 10.3 Å². The molecule has 0 amide bonds. The number of halogens is 4. The Hall–Kier alpha value is -0.190. The van der Waals surface area contributed by atoms with E-state index in [0.717, 1.165) is 10.6 Å². The largest absolute Gasteiger partial charge is 0.380 e. The molecule has 90 valence electrons. The zero-order valence-electron chi connectivity index (χ0n) is 8.31. The van der Waals surface area contributed by atoms with Crippen LogP contribution in [0.2, 0.25) is 19.5 Å². The lowest BCUT2D eigenvalue weighted by molar-refractivity contribution is 1.17. The van der Waals surface area contributed by atoms with Gasteiger partial charge in [0.05, 0.1) is 21.6 Å². The number of thiazole rings is 1. The van der Waals surface area contributed by atoms with Crippen LogP contribution in [0.25, 0.3) is 0 Å². The van der Waals surface area contributed by atoms with Gasteiger partial charge >= 0.3 is 0 Å². The Labute approximate surface area is 122 Å². The van der Waals surface area contributed by atoms with E-state index in [1.807, 2.05) is 0 Å². The van der Waals surface area contributed by atoms with E-state index in [1.165, 1.54) is 11.3 Å². The molecule has 0 unspecified atom stereocenters. The van der Waals surface area contributed by atoms with E-state index >= 15 is 0 Å². The van der Waals surface area contributed by atoms with Gasteiger partial charge in [0.15, 0.2) is 4.47 Å². The van der Waals surface area contributed by atoms with Crippen LogP contribution >= 0.6 is 57.7 Å². The van der Waals surface area contributed by atoms with Gasteiger partial charge in [0, 0.05) is 16.8 Å². The van der Waals surface area contributed by atoms with Crippen LogP contribution in [0.3, 0.4) is 0 Å². The number of nitrogens with zero attached hydrogens (tertiary/aromatic N) is 1. The van der Waals surface area contributed by atoms with Gasteiger partial charge in [-0.25, -0.2) is 4.98 Å². The smallest absolute Gasteiger partial charge is 0.183 e. The average molecular weight is 328 g/mol. The van der Waals surface area contributed by atoms with Gasteiger partial charge in [-0.05, 0) is 12.1 Å². The summed E-state index contributed by atoms with van der Waals surface area (Å²) in [6.45, 7) is 0.610. The summed E-state index contributed by atoms with van der Waals surface area (Å²) in [7, 11) is 0. The van der Waals surface area contributed by atoms with Crippen molar-refractivity contribution in [2.75, 3.05) is 5.32 Å². The fourth-order valence-electron chi connectivity index (χ4n) is 1.21. The van der Waals surface area contributed by atoms with Crippen LogP contribution in [0, 0.1) is 0 Å². The van der Waals surface area contributed by atoms with E-state index in [9.17, 15) is 0 Å². The van der Waals surface area contributed by atoms with Gasteiger partial charge in [-0.2, -0.15) is 0 Å². The highest BCUT2D eigenvalue weighted by atomic mass is 35.5. The maximum absolute atomic E-state index is 5.92. The molecule has 1 N–H and O–H groups in total. The highest BCUT2D eigenvalue weighted by Gasteiger charge is 2.06. The molecule has 0 aliphatic rings. The molecule has 7 heteroatoms. The van der Waals surface area contributed by atoms with Gasteiger partial charge in [0.1, 0.15) is 0 Å². The van der Waals surface area contributed by atoms with E-state index in [4.69, 9.17) is 46.4 Å². The normalized spacial score (nSPS) is 10.6. The van der Waals surface area contributed by atoms with Crippen molar-refractivity contribution in [1.29, 1.82) is 0 Å². The molecule has 0 aliphatic carbocycles. The third kappa shape index (κ3) is 3.39. The molecule has 1 aromatic heterocycles. The minimum atomic E-state index is 0.361. The molecule has 17 heavy (non-hydrogen) atoms. The summed E-state index contributed by atoms with van der Waals surface area (Å²) in [5, 5.41) is 4.37. The van der Waals surface area contributed by atoms with Crippen molar-refractivity contribution >= 4 is 63.4 Å². The molecule has 2 rings (SSSR count). The standard InChI is InChI=1S/C10H6Cl4N2S/c11-7-1-5(2-8(12)9(7)13)15-3-6-4-16-10(14)17-6/h1-2,4,15H,3H2. The molecule has 2 nitrogen and oxygen atoms in total. The average Bonchev–Trinajstić information content (AvgIpc) is 2.69. The van der Waals surface area contributed by atoms with Gasteiger partial charge in [0.2, 0.25) is 0 Å². The van der Waals surface area contributed by atoms with Gasteiger partial charge in [-0.15, -0.1) is 11.3 Å². The lowest BCUT2D eigenvalue weighted by atomic mass is 10.3. The molecule has 1 aromatic carbocycles. The predicted octanol–water partition coefficient (Wildman–Crippen LogP) is 5.37. The minimum Gasteiger partial charge on any atom is -0.380 e. The van der Waals surface area contributed by atoms with Crippen molar-refractivity contribution in [2.24, 2.45) is 0 Å². The van der Waals surface area contributed by atoms with Gasteiger partial charge in [-0.1, -0.05) is 46.4 Å². The number of hydrogen-bond donors (Lipinski definition) is 1. The van der Waals surface area contributed by atoms with Crippen LogP contribution in [0.5, 0.6) is 0 Å². The molecule has 0 spiro atoms. The second-order valence-corrected chi connectivity index (χ2v) is 6.08. The minimum absolute atomic E-state index is 0.361. The summed E-state index contributed by atoms with van der Waals surface area (Å²) >= 11 is 24.8. The summed E-state index contributed by atoms with van der Waals surface area (Å²) in [5.41, 5.74) is 0.800. The zero-order valence-corrected chi connectivity index (χ0v) is 12.1. The predicted molar refractivity (Wildman–Crippen MR) is 75.9 cm³/mol. The summed E-state index contributed by atoms with van der Waals surface area (Å²) in [6, 6.07) is 3.44. The summed E-state index contributed by atoms with van der Waals surface area (Å²) < 4.78 is 0.522. The Kier molecular flexibility index (Phi) is 4.39. The van der Waals surface area contributed by atoms with Crippen LogP contribution < -0.4 is 5.32 Å².